The van der Waals surface area contributed by atoms with Crippen LogP contribution in [0.25, 0.3) is 0 Å². The number of carbonyl (C=O) groups is 1. The molecule has 1 unspecified atom stereocenters. The minimum atomic E-state index is -0.948. The van der Waals surface area contributed by atoms with Crippen molar-refractivity contribution < 1.29 is 23.9 Å². The number of aryl methyl sites for hydroxylation is 1. The number of nitrogens with zero attached hydrogens (tertiary/aromatic N) is 1. The summed E-state index contributed by atoms with van der Waals surface area (Å²) in [6.45, 7) is 5.58. The second-order valence-electron chi connectivity index (χ2n) is 6.00. The molecule has 0 saturated carbocycles. The molecule has 0 aliphatic heterocycles. The van der Waals surface area contributed by atoms with Gasteiger partial charge in [0.05, 0.1) is 19.9 Å². The Morgan fingerprint density at radius 3 is 2.64 bits per heavy atom. The van der Waals surface area contributed by atoms with Crippen LogP contribution in [0.3, 0.4) is 0 Å². The normalized spacial score (nSPS) is 12.1. The molecule has 1 aromatic heterocycles. The molecule has 1 atom stereocenters. The van der Waals surface area contributed by atoms with E-state index >= 15 is 0 Å². The van der Waals surface area contributed by atoms with Crippen molar-refractivity contribution in [2.24, 2.45) is 0 Å². The van der Waals surface area contributed by atoms with Gasteiger partial charge in [-0.05, 0) is 25.1 Å². The van der Waals surface area contributed by atoms with E-state index in [1.165, 1.54) is 7.11 Å². The summed E-state index contributed by atoms with van der Waals surface area (Å²) in [6.07, 6.45) is -0.948. The van der Waals surface area contributed by atoms with Crippen molar-refractivity contribution in [1.82, 2.24) is 10.5 Å². The number of hydrogen-bond donors (Lipinski definition) is 2. The van der Waals surface area contributed by atoms with Gasteiger partial charge in [0.15, 0.2) is 5.76 Å². The topological polar surface area (TPSA) is 93.8 Å². The van der Waals surface area contributed by atoms with Crippen molar-refractivity contribution in [3.8, 4) is 11.5 Å². The molecule has 7 heteroatoms. The van der Waals surface area contributed by atoms with Crippen LogP contribution in [0.15, 0.2) is 22.7 Å². The fourth-order valence-electron chi connectivity index (χ4n) is 2.55. The summed E-state index contributed by atoms with van der Waals surface area (Å²) in [5.41, 5.74) is 1.47. The second kappa shape index (κ2) is 8.02. The van der Waals surface area contributed by atoms with Crippen molar-refractivity contribution in [1.29, 1.82) is 0 Å². The van der Waals surface area contributed by atoms with Gasteiger partial charge in [0.25, 0.3) is 5.91 Å². The van der Waals surface area contributed by atoms with Crippen molar-refractivity contribution in [3.63, 3.8) is 0 Å². The summed E-state index contributed by atoms with van der Waals surface area (Å²) in [5, 5.41) is 17.0. The van der Waals surface area contributed by atoms with Crippen LogP contribution >= 0.6 is 0 Å². The molecular formula is C18H24N2O5. The Hall–Kier alpha value is -2.54. The fourth-order valence-corrected chi connectivity index (χ4v) is 2.55. The number of carbonyl (C=O) groups excluding carboxylic acids is 1. The number of methoxy groups -OCH3 is 2. The third kappa shape index (κ3) is 4.11. The van der Waals surface area contributed by atoms with Crippen molar-refractivity contribution in [3.05, 3.63) is 40.8 Å². The predicted octanol–water partition coefficient (Wildman–Crippen LogP) is 2.59. The van der Waals surface area contributed by atoms with Crippen LogP contribution in [0.1, 0.15) is 53.2 Å². The quantitative estimate of drug-likeness (QED) is 0.799. The molecule has 0 aliphatic rings. The van der Waals surface area contributed by atoms with Crippen LogP contribution in [0.5, 0.6) is 11.5 Å². The van der Waals surface area contributed by atoms with Gasteiger partial charge in [-0.3, -0.25) is 4.79 Å². The molecule has 2 N–H and O–H groups in total. The fraction of sp³-hybridized carbons (Fsp3) is 0.444. The number of aromatic nitrogens is 1. The first kappa shape index (κ1) is 18.8. The molecular weight excluding hydrogens is 324 g/mol. The van der Waals surface area contributed by atoms with E-state index in [4.69, 9.17) is 14.0 Å². The van der Waals surface area contributed by atoms with Crippen LogP contribution in [-0.2, 0) is 0 Å². The number of amides is 1. The van der Waals surface area contributed by atoms with Gasteiger partial charge in [-0.25, -0.2) is 0 Å². The van der Waals surface area contributed by atoms with E-state index < -0.39 is 6.10 Å². The number of aliphatic hydroxyl groups excluding tert-OH is 1. The van der Waals surface area contributed by atoms with E-state index in [-0.39, 0.29) is 18.4 Å². The van der Waals surface area contributed by atoms with Crippen LogP contribution < -0.4 is 14.8 Å². The Morgan fingerprint density at radius 2 is 2.04 bits per heavy atom. The monoisotopic (exact) mass is 348 g/mol. The van der Waals surface area contributed by atoms with Crippen LogP contribution in [0, 0.1) is 6.92 Å². The number of hydrogen-bond acceptors (Lipinski definition) is 6. The maximum absolute atomic E-state index is 12.5. The summed E-state index contributed by atoms with van der Waals surface area (Å²) in [7, 11) is 3.06. The largest absolute Gasteiger partial charge is 0.497 e. The van der Waals surface area contributed by atoms with E-state index in [0.717, 1.165) is 0 Å². The smallest absolute Gasteiger partial charge is 0.256 e. The number of rotatable bonds is 7. The van der Waals surface area contributed by atoms with Gasteiger partial charge < -0.3 is 24.4 Å². The minimum Gasteiger partial charge on any atom is -0.497 e. The van der Waals surface area contributed by atoms with Crippen molar-refractivity contribution in [2.45, 2.75) is 32.8 Å². The van der Waals surface area contributed by atoms with E-state index in [1.54, 1.807) is 32.2 Å². The second-order valence-corrected chi connectivity index (χ2v) is 6.00. The molecule has 0 saturated heterocycles. The highest BCUT2D eigenvalue weighted by atomic mass is 16.5. The van der Waals surface area contributed by atoms with E-state index in [0.29, 0.717) is 34.1 Å². The SMILES string of the molecule is COc1ccc(OC)c(C(O)CNC(=O)c2c(C)noc2C(C)C)c1. The summed E-state index contributed by atoms with van der Waals surface area (Å²) < 4.78 is 15.7. The average Bonchev–Trinajstić information content (AvgIpc) is 3.00. The summed E-state index contributed by atoms with van der Waals surface area (Å²) in [6, 6.07) is 5.13. The first-order valence-electron chi connectivity index (χ1n) is 8.03. The summed E-state index contributed by atoms with van der Waals surface area (Å²) >= 11 is 0. The zero-order valence-corrected chi connectivity index (χ0v) is 15.1. The number of aliphatic hydroxyl groups is 1. The van der Waals surface area contributed by atoms with Gasteiger partial charge in [-0.15, -0.1) is 0 Å². The molecule has 0 spiro atoms. The minimum absolute atomic E-state index is 0.0184. The lowest BCUT2D eigenvalue weighted by Crippen LogP contribution is -2.29. The Labute approximate surface area is 146 Å². The highest BCUT2D eigenvalue weighted by Gasteiger charge is 2.23. The lowest BCUT2D eigenvalue weighted by atomic mass is 10.0. The first-order chi connectivity index (χ1) is 11.9. The zero-order chi connectivity index (χ0) is 18.6. The lowest BCUT2D eigenvalue weighted by molar-refractivity contribution is 0.0911. The van der Waals surface area contributed by atoms with Crippen LogP contribution in [0.2, 0.25) is 0 Å². The van der Waals surface area contributed by atoms with E-state index in [1.807, 2.05) is 13.8 Å². The van der Waals surface area contributed by atoms with Gasteiger partial charge in [-0.2, -0.15) is 0 Å². The first-order valence-corrected chi connectivity index (χ1v) is 8.03. The Bertz CT molecular complexity index is 739. The molecule has 25 heavy (non-hydrogen) atoms. The standard InChI is InChI=1S/C18H24N2O5/c1-10(2)17-16(11(3)20-25-17)18(22)19-9-14(21)13-8-12(23-4)6-7-15(13)24-5/h6-8,10,14,21H,9H2,1-5H3,(H,19,22). The Morgan fingerprint density at radius 1 is 1.32 bits per heavy atom. The maximum Gasteiger partial charge on any atom is 0.256 e. The van der Waals surface area contributed by atoms with Gasteiger partial charge in [0.1, 0.15) is 23.2 Å². The van der Waals surface area contributed by atoms with E-state index in [9.17, 15) is 9.90 Å². The highest BCUT2D eigenvalue weighted by molar-refractivity contribution is 5.96. The van der Waals surface area contributed by atoms with Gasteiger partial charge >= 0.3 is 0 Å². The molecule has 0 bridgehead atoms. The van der Waals surface area contributed by atoms with Crippen molar-refractivity contribution in [2.75, 3.05) is 20.8 Å². The Balaban J connectivity index is 2.14. The molecule has 2 aromatic rings. The molecule has 1 amide bonds. The summed E-state index contributed by atoms with van der Waals surface area (Å²) in [4.78, 5) is 12.5. The maximum atomic E-state index is 12.5. The number of ether oxygens (including phenoxy) is 2. The number of nitrogens with one attached hydrogen (secondary N) is 1. The molecule has 0 fully saturated rings. The molecule has 7 nitrogen and oxygen atoms in total. The van der Waals surface area contributed by atoms with Gasteiger partial charge in [0.2, 0.25) is 0 Å². The Kier molecular flexibility index (Phi) is 6.03. The molecule has 1 heterocycles. The van der Waals surface area contributed by atoms with E-state index in [2.05, 4.69) is 10.5 Å². The zero-order valence-electron chi connectivity index (χ0n) is 15.1. The van der Waals surface area contributed by atoms with Crippen LogP contribution in [-0.4, -0.2) is 36.9 Å². The van der Waals surface area contributed by atoms with Gasteiger partial charge in [0, 0.05) is 18.0 Å². The number of benzene rings is 1. The molecule has 136 valence electrons. The third-order valence-corrected chi connectivity index (χ3v) is 3.89. The molecule has 0 radical (unpaired) electrons. The van der Waals surface area contributed by atoms with Crippen molar-refractivity contribution >= 4 is 5.91 Å². The lowest BCUT2D eigenvalue weighted by Gasteiger charge is -2.16. The predicted molar refractivity (Wildman–Crippen MR) is 92.2 cm³/mol. The summed E-state index contributed by atoms with van der Waals surface area (Å²) in [5.74, 6) is 1.35. The van der Waals surface area contributed by atoms with Crippen LogP contribution in [0.4, 0.5) is 0 Å². The molecule has 2 rings (SSSR count). The third-order valence-electron chi connectivity index (χ3n) is 3.89. The molecule has 0 aliphatic carbocycles. The highest BCUT2D eigenvalue weighted by Crippen LogP contribution is 2.29. The average molecular weight is 348 g/mol. The molecule has 1 aromatic carbocycles. The van der Waals surface area contributed by atoms with Gasteiger partial charge in [-0.1, -0.05) is 19.0 Å².